The second-order valence-electron chi connectivity index (χ2n) is 8.26. The van der Waals surface area contributed by atoms with E-state index >= 15 is 0 Å². The van der Waals surface area contributed by atoms with E-state index in [0.717, 1.165) is 17.8 Å². The van der Waals surface area contributed by atoms with E-state index < -0.39 is 17.8 Å². The van der Waals surface area contributed by atoms with Gasteiger partial charge in [0.15, 0.2) is 11.3 Å². The minimum absolute atomic E-state index is 0.0444. The molecule has 0 saturated carbocycles. The van der Waals surface area contributed by atoms with Gasteiger partial charge in [-0.25, -0.2) is 9.97 Å². The second kappa shape index (κ2) is 8.28. The largest absolute Gasteiger partial charge is 0.416 e. The van der Waals surface area contributed by atoms with Crippen molar-refractivity contribution in [3.8, 4) is 0 Å². The van der Waals surface area contributed by atoms with Crippen molar-refractivity contribution in [1.82, 2.24) is 24.6 Å². The molecule has 0 radical (unpaired) electrons. The molecule has 12 heteroatoms. The highest BCUT2D eigenvalue weighted by atomic mass is 19.4. The van der Waals surface area contributed by atoms with Crippen molar-refractivity contribution in [2.45, 2.75) is 26.1 Å². The summed E-state index contributed by atoms with van der Waals surface area (Å²) in [5, 5.41) is 12.3. The summed E-state index contributed by atoms with van der Waals surface area (Å²) in [7, 11) is 0. The minimum atomic E-state index is -4.49. The number of halogens is 3. The number of nitrogens with zero attached hydrogens (tertiary/aromatic N) is 6. The summed E-state index contributed by atoms with van der Waals surface area (Å²) in [6.45, 7) is 6.11. The van der Waals surface area contributed by atoms with Crippen LogP contribution in [0.3, 0.4) is 0 Å². The zero-order valence-corrected chi connectivity index (χ0v) is 18.6. The normalized spacial score (nSPS) is 15.7. The number of alkyl halides is 3. The highest BCUT2D eigenvalue weighted by Gasteiger charge is 2.31. The molecule has 0 bridgehead atoms. The lowest BCUT2D eigenvalue weighted by molar-refractivity contribution is -0.137. The number of nitrogen functional groups attached to an aromatic ring is 1. The van der Waals surface area contributed by atoms with Crippen LogP contribution in [0.5, 0.6) is 0 Å². The van der Waals surface area contributed by atoms with Gasteiger partial charge in [-0.15, -0.1) is 10.2 Å². The molecule has 1 aliphatic heterocycles. The summed E-state index contributed by atoms with van der Waals surface area (Å²) < 4.78 is 47.2. The molecule has 5 rings (SSSR count). The molecule has 34 heavy (non-hydrogen) atoms. The third-order valence-corrected chi connectivity index (χ3v) is 5.83. The zero-order valence-electron chi connectivity index (χ0n) is 18.6. The molecular formula is C22H23F3N8O. The van der Waals surface area contributed by atoms with E-state index in [1.807, 2.05) is 6.07 Å². The molecule has 4 heterocycles. The van der Waals surface area contributed by atoms with Crippen LogP contribution in [0.15, 0.2) is 30.6 Å². The topological polar surface area (TPSA) is 106 Å². The number of morpholine rings is 1. The van der Waals surface area contributed by atoms with E-state index in [4.69, 9.17) is 10.5 Å². The molecule has 1 fully saturated rings. The lowest BCUT2D eigenvalue weighted by Gasteiger charge is -2.29. The molecule has 0 unspecified atom stereocenters. The Kier molecular flexibility index (Phi) is 5.39. The summed E-state index contributed by atoms with van der Waals surface area (Å²) in [6, 6.07) is 4.99. The molecular weight excluding hydrogens is 449 g/mol. The predicted molar refractivity (Wildman–Crippen MR) is 122 cm³/mol. The number of benzene rings is 1. The number of fused-ring (bicyclic) bond motifs is 3. The molecule has 1 atom stereocenters. The molecule has 1 aliphatic rings. The number of nitrogens with one attached hydrogen (secondary N) is 1. The van der Waals surface area contributed by atoms with E-state index in [1.165, 1.54) is 6.07 Å². The maximum absolute atomic E-state index is 13.3. The first-order valence-corrected chi connectivity index (χ1v) is 10.8. The van der Waals surface area contributed by atoms with Crippen LogP contribution in [0.25, 0.3) is 16.7 Å². The van der Waals surface area contributed by atoms with Gasteiger partial charge >= 0.3 is 6.18 Å². The summed E-state index contributed by atoms with van der Waals surface area (Å²) in [5.74, 6) is 0.996. The van der Waals surface area contributed by atoms with Crippen molar-refractivity contribution in [2.75, 3.05) is 42.3 Å². The van der Waals surface area contributed by atoms with Crippen LogP contribution in [0.1, 0.15) is 29.9 Å². The molecule has 3 N–H and O–H groups in total. The van der Waals surface area contributed by atoms with Crippen molar-refractivity contribution in [3.63, 3.8) is 0 Å². The Bertz CT molecular complexity index is 1360. The van der Waals surface area contributed by atoms with Gasteiger partial charge in [-0.2, -0.15) is 13.2 Å². The SMILES string of the molecule is Cc1nc(N[C@H](C)c2cc(N)cc(C(F)(F)F)c2)c2cc(N3CCOCC3)c3nncn3c2n1. The molecule has 0 aliphatic carbocycles. The van der Waals surface area contributed by atoms with E-state index in [-0.39, 0.29) is 5.69 Å². The van der Waals surface area contributed by atoms with Gasteiger partial charge in [-0.3, -0.25) is 4.40 Å². The van der Waals surface area contributed by atoms with Gasteiger partial charge < -0.3 is 20.7 Å². The number of ether oxygens (including phenoxy) is 1. The predicted octanol–water partition coefficient (Wildman–Crippen LogP) is 3.59. The highest BCUT2D eigenvalue weighted by molar-refractivity contribution is 5.94. The van der Waals surface area contributed by atoms with Crippen LogP contribution >= 0.6 is 0 Å². The standard InChI is InChI=1S/C22H23F3N8O/c1-12(14-7-15(22(23,24)25)9-16(26)8-14)28-19-17-10-18(32-3-5-34-6-4-32)21-31-27-11-33(21)20(17)30-13(2)29-19/h7-12H,3-6,26H2,1-2H3,(H,28,29,30)/t12-/m1/s1. The van der Waals surface area contributed by atoms with Crippen molar-refractivity contribution in [3.05, 3.63) is 47.5 Å². The number of aryl methyl sites for hydroxylation is 1. The van der Waals surface area contributed by atoms with Gasteiger partial charge in [0, 0.05) is 18.8 Å². The minimum Gasteiger partial charge on any atom is -0.399 e. The Balaban J connectivity index is 1.60. The molecule has 0 amide bonds. The van der Waals surface area contributed by atoms with Crippen LogP contribution in [0.2, 0.25) is 0 Å². The average Bonchev–Trinajstić information content (AvgIpc) is 3.28. The number of pyridine rings is 1. The molecule has 1 aromatic carbocycles. The molecule has 0 spiro atoms. The fourth-order valence-corrected chi connectivity index (χ4v) is 4.17. The summed E-state index contributed by atoms with van der Waals surface area (Å²) in [4.78, 5) is 11.3. The Morgan fingerprint density at radius 2 is 1.85 bits per heavy atom. The fraction of sp³-hybridized carbons (Fsp3) is 0.364. The summed E-state index contributed by atoms with van der Waals surface area (Å²) in [6.07, 6.45) is -2.90. The van der Waals surface area contributed by atoms with E-state index in [0.29, 0.717) is 60.2 Å². The first-order valence-electron chi connectivity index (χ1n) is 10.8. The molecule has 178 valence electrons. The third kappa shape index (κ3) is 4.04. The van der Waals surface area contributed by atoms with Crippen molar-refractivity contribution < 1.29 is 17.9 Å². The fourth-order valence-electron chi connectivity index (χ4n) is 4.17. The Hall–Kier alpha value is -3.67. The monoisotopic (exact) mass is 472 g/mol. The highest BCUT2D eigenvalue weighted by Crippen LogP contribution is 2.35. The lowest BCUT2D eigenvalue weighted by Crippen LogP contribution is -2.36. The van der Waals surface area contributed by atoms with E-state index in [1.54, 1.807) is 24.6 Å². The Labute approximate surface area is 192 Å². The Morgan fingerprint density at radius 3 is 2.59 bits per heavy atom. The third-order valence-electron chi connectivity index (χ3n) is 5.83. The van der Waals surface area contributed by atoms with Gasteiger partial charge in [-0.1, -0.05) is 0 Å². The first kappa shape index (κ1) is 22.1. The van der Waals surface area contributed by atoms with Gasteiger partial charge in [0.2, 0.25) is 0 Å². The Morgan fingerprint density at radius 1 is 1.09 bits per heavy atom. The zero-order chi connectivity index (χ0) is 24.0. The number of hydrogen-bond donors (Lipinski definition) is 2. The summed E-state index contributed by atoms with van der Waals surface area (Å²) >= 11 is 0. The van der Waals surface area contributed by atoms with Gasteiger partial charge in [-0.05, 0) is 43.7 Å². The average molecular weight is 472 g/mol. The lowest BCUT2D eigenvalue weighted by atomic mass is 10.0. The van der Waals surface area contributed by atoms with Crippen molar-refractivity contribution in [1.29, 1.82) is 0 Å². The number of aromatic nitrogens is 5. The molecule has 3 aromatic heterocycles. The van der Waals surface area contributed by atoms with Crippen molar-refractivity contribution in [2.24, 2.45) is 0 Å². The summed E-state index contributed by atoms with van der Waals surface area (Å²) in [5.41, 5.74) is 7.55. The smallest absolute Gasteiger partial charge is 0.399 e. The van der Waals surface area contributed by atoms with E-state index in [9.17, 15) is 13.2 Å². The number of hydrogen-bond acceptors (Lipinski definition) is 8. The van der Waals surface area contributed by atoms with Crippen LogP contribution in [-0.2, 0) is 10.9 Å². The van der Waals surface area contributed by atoms with Gasteiger partial charge in [0.05, 0.1) is 35.9 Å². The quantitative estimate of drug-likeness (QED) is 0.434. The van der Waals surface area contributed by atoms with Crippen LogP contribution in [0, 0.1) is 6.92 Å². The van der Waals surface area contributed by atoms with Crippen LogP contribution in [0.4, 0.5) is 30.4 Å². The van der Waals surface area contributed by atoms with Crippen molar-refractivity contribution >= 4 is 33.9 Å². The van der Waals surface area contributed by atoms with E-state index in [2.05, 4.69) is 30.4 Å². The van der Waals surface area contributed by atoms with Crippen LogP contribution < -0.4 is 16.0 Å². The maximum Gasteiger partial charge on any atom is 0.416 e. The number of nitrogens with two attached hydrogens (primary N) is 1. The maximum atomic E-state index is 13.3. The molecule has 1 saturated heterocycles. The number of anilines is 3. The molecule has 4 aromatic rings. The van der Waals surface area contributed by atoms with Crippen LogP contribution in [-0.4, -0.2) is 50.9 Å². The second-order valence-corrected chi connectivity index (χ2v) is 8.26. The van der Waals surface area contributed by atoms with Gasteiger partial charge in [0.1, 0.15) is 18.0 Å². The number of rotatable bonds is 4. The van der Waals surface area contributed by atoms with Gasteiger partial charge in [0.25, 0.3) is 0 Å². The molecule has 9 nitrogen and oxygen atoms in total. The first-order chi connectivity index (χ1) is 16.2.